The summed E-state index contributed by atoms with van der Waals surface area (Å²) in [5.74, 6) is 1.38. The molecule has 3 aromatic heterocycles. The van der Waals surface area contributed by atoms with E-state index in [0.29, 0.717) is 28.8 Å². The number of pyridine rings is 2. The van der Waals surface area contributed by atoms with Crippen molar-refractivity contribution in [3.63, 3.8) is 0 Å². The second kappa shape index (κ2) is 8.02. The van der Waals surface area contributed by atoms with Gasteiger partial charge in [-0.3, -0.25) is 9.78 Å². The molecule has 0 fully saturated rings. The van der Waals surface area contributed by atoms with E-state index < -0.39 is 0 Å². The van der Waals surface area contributed by atoms with E-state index in [-0.39, 0.29) is 12.5 Å². The zero-order valence-corrected chi connectivity index (χ0v) is 14.4. The maximum atomic E-state index is 12.3. The van der Waals surface area contributed by atoms with Crippen molar-refractivity contribution < 1.29 is 9.53 Å². The first-order valence-electron chi connectivity index (χ1n) is 7.94. The number of rotatable bonds is 6. The minimum absolute atomic E-state index is 0.235. The Morgan fingerprint density at radius 2 is 1.92 bits per heavy atom. The van der Waals surface area contributed by atoms with E-state index in [0.717, 1.165) is 5.56 Å². The lowest BCUT2D eigenvalue weighted by Crippen LogP contribution is -2.23. The molecule has 0 spiro atoms. The summed E-state index contributed by atoms with van der Waals surface area (Å²) in [4.78, 5) is 29.3. The summed E-state index contributed by atoms with van der Waals surface area (Å²) in [7, 11) is 3.29. The van der Waals surface area contributed by atoms with Gasteiger partial charge in [-0.1, -0.05) is 0 Å². The Bertz CT molecular complexity index is 901. The second-order valence-corrected chi connectivity index (χ2v) is 5.32. The van der Waals surface area contributed by atoms with Crippen molar-refractivity contribution in [2.75, 3.05) is 19.5 Å². The molecule has 8 nitrogen and oxygen atoms in total. The highest BCUT2D eigenvalue weighted by Gasteiger charge is 2.10. The van der Waals surface area contributed by atoms with Crippen LogP contribution in [0, 0.1) is 0 Å². The van der Waals surface area contributed by atoms with Crippen molar-refractivity contribution in [2.24, 2.45) is 0 Å². The monoisotopic (exact) mass is 350 g/mol. The number of aromatic nitrogens is 4. The summed E-state index contributed by atoms with van der Waals surface area (Å²) in [6, 6.07) is 8.66. The van der Waals surface area contributed by atoms with Crippen LogP contribution in [0.3, 0.4) is 0 Å². The molecule has 0 bridgehead atoms. The predicted octanol–water partition coefficient (Wildman–Crippen LogP) is 1.91. The first kappa shape index (κ1) is 17.3. The molecule has 0 aliphatic rings. The molecule has 0 radical (unpaired) electrons. The number of methoxy groups -OCH3 is 1. The molecular weight excluding hydrogens is 332 g/mol. The third-order valence-electron chi connectivity index (χ3n) is 3.61. The zero-order valence-electron chi connectivity index (χ0n) is 14.4. The van der Waals surface area contributed by atoms with Gasteiger partial charge in [-0.15, -0.1) is 0 Å². The summed E-state index contributed by atoms with van der Waals surface area (Å²) in [5, 5.41) is 5.85. The molecule has 3 heterocycles. The molecule has 0 aliphatic heterocycles. The maximum Gasteiger partial charge on any atom is 0.251 e. The van der Waals surface area contributed by atoms with Crippen molar-refractivity contribution in [3.8, 4) is 17.3 Å². The predicted molar refractivity (Wildman–Crippen MR) is 96.8 cm³/mol. The average Bonchev–Trinajstić information content (AvgIpc) is 2.72. The van der Waals surface area contributed by atoms with Crippen LogP contribution in [0.2, 0.25) is 0 Å². The lowest BCUT2D eigenvalue weighted by atomic mass is 10.2. The minimum atomic E-state index is -0.235. The highest BCUT2D eigenvalue weighted by molar-refractivity contribution is 5.94. The number of hydrogen-bond acceptors (Lipinski definition) is 7. The van der Waals surface area contributed by atoms with Gasteiger partial charge in [-0.25, -0.2) is 15.0 Å². The number of amides is 1. The van der Waals surface area contributed by atoms with Gasteiger partial charge in [0.25, 0.3) is 5.91 Å². The molecule has 0 aliphatic carbocycles. The van der Waals surface area contributed by atoms with Gasteiger partial charge in [-0.2, -0.15) is 0 Å². The van der Waals surface area contributed by atoms with Gasteiger partial charge in [-0.05, 0) is 18.2 Å². The lowest BCUT2D eigenvalue weighted by Gasteiger charge is -2.09. The van der Waals surface area contributed by atoms with Gasteiger partial charge >= 0.3 is 0 Å². The van der Waals surface area contributed by atoms with Crippen LogP contribution in [-0.4, -0.2) is 40.0 Å². The topological polar surface area (TPSA) is 102 Å². The third-order valence-corrected chi connectivity index (χ3v) is 3.61. The molecule has 132 valence electrons. The summed E-state index contributed by atoms with van der Waals surface area (Å²) in [6.45, 7) is 0.263. The third kappa shape index (κ3) is 4.10. The number of nitrogens with one attached hydrogen (secondary N) is 2. The summed E-state index contributed by atoms with van der Waals surface area (Å²) in [5.41, 5.74) is 2.00. The average molecular weight is 350 g/mol. The van der Waals surface area contributed by atoms with E-state index in [9.17, 15) is 4.79 Å². The molecule has 8 heteroatoms. The van der Waals surface area contributed by atoms with Crippen LogP contribution in [0.15, 0.2) is 48.9 Å². The molecule has 3 rings (SSSR count). The Kier molecular flexibility index (Phi) is 5.33. The quantitative estimate of drug-likeness (QED) is 0.700. The number of anilines is 1. The van der Waals surface area contributed by atoms with Gasteiger partial charge in [0, 0.05) is 48.9 Å². The van der Waals surface area contributed by atoms with Crippen LogP contribution in [0.25, 0.3) is 11.4 Å². The van der Waals surface area contributed by atoms with Gasteiger partial charge in [0.05, 0.1) is 19.3 Å². The van der Waals surface area contributed by atoms with Gasteiger partial charge in [0.15, 0.2) is 5.82 Å². The summed E-state index contributed by atoms with van der Waals surface area (Å²) in [6.07, 6.45) is 4.89. The Morgan fingerprint density at radius 1 is 1.12 bits per heavy atom. The van der Waals surface area contributed by atoms with E-state index in [1.165, 1.54) is 13.3 Å². The molecule has 1 amide bonds. The van der Waals surface area contributed by atoms with Crippen LogP contribution in [0.5, 0.6) is 5.88 Å². The molecule has 0 saturated carbocycles. The number of carbonyl (C=O) groups excluding carboxylic acids is 1. The molecule has 2 N–H and O–H groups in total. The fourth-order valence-electron chi connectivity index (χ4n) is 2.28. The van der Waals surface area contributed by atoms with E-state index in [1.54, 1.807) is 37.6 Å². The molecule has 26 heavy (non-hydrogen) atoms. The second-order valence-electron chi connectivity index (χ2n) is 5.32. The fourth-order valence-corrected chi connectivity index (χ4v) is 2.28. The maximum absolute atomic E-state index is 12.3. The zero-order chi connectivity index (χ0) is 18.4. The molecule has 0 saturated heterocycles. The Hall–Kier alpha value is -3.55. The molecule has 3 aromatic rings. The normalized spacial score (nSPS) is 10.2. The first-order valence-corrected chi connectivity index (χ1v) is 7.94. The SMILES string of the molecule is CNc1cc(CNC(=O)c2ccnc(OC)c2)nc(-c2ccncc2)n1. The number of nitrogens with zero attached hydrogens (tertiary/aromatic N) is 4. The van der Waals surface area contributed by atoms with E-state index in [1.807, 2.05) is 12.1 Å². The number of carbonyl (C=O) groups is 1. The van der Waals surface area contributed by atoms with Crippen molar-refractivity contribution in [1.29, 1.82) is 0 Å². The fraction of sp³-hybridized carbons (Fsp3) is 0.167. The smallest absolute Gasteiger partial charge is 0.251 e. The van der Waals surface area contributed by atoms with Crippen molar-refractivity contribution in [3.05, 3.63) is 60.2 Å². The molecule has 0 atom stereocenters. The van der Waals surface area contributed by atoms with Gasteiger partial charge < -0.3 is 15.4 Å². The Morgan fingerprint density at radius 3 is 2.65 bits per heavy atom. The molecular formula is C18H18N6O2. The highest BCUT2D eigenvalue weighted by atomic mass is 16.5. The van der Waals surface area contributed by atoms with Crippen molar-refractivity contribution in [1.82, 2.24) is 25.3 Å². The van der Waals surface area contributed by atoms with E-state index in [2.05, 4.69) is 30.6 Å². The van der Waals surface area contributed by atoms with Gasteiger partial charge in [0.2, 0.25) is 5.88 Å². The summed E-state index contributed by atoms with van der Waals surface area (Å²) >= 11 is 0. The van der Waals surface area contributed by atoms with Crippen LogP contribution >= 0.6 is 0 Å². The van der Waals surface area contributed by atoms with Crippen molar-refractivity contribution >= 4 is 11.7 Å². The lowest BCUT2D eigenvalue weighted by molar-refractivity contribution is 0.0950. The standard InChI is InChI=1S/C18H18N6O2/c1-19-15-10-14(23-17(24-15)12-3-6-20-7-4-12)11-22-18(25)13-5-8-21-16(9-13)26-2/h3-10H,11H2,1-2H3,(H,22,25)(H,19,23,24). The van der Waals surface area contributed by atoms with Gasteiger partial charge in [0.1, 0.15) is 5.82 Å². The molecule has 0 unspecified atom stereocenters. The minimum Gasteiger partial charge on any atom is -0.481 e. The van der Waals surface area contributed by atoms with Crippen LogP contribution in [-0.2, 0) is 6.54 Å². The number of hydrogen-bond donors (Lipinski definition) is 2. The van der Waals surface area contributed by atoms with E-state index >= 15 is 0 Å². The van der Waals surface area contributed by atoms with Crippen molar-refractivity contribution in [2.45, 2.75) is 6.54 Å². The first-order chi connectivity index (χ1) is 12.7. The molecule has 0 aromatic carbocycles. The largest absolute Gasteiger partial charge is 0.481 e. The number of ether oxygens (including phenoxy) is 1. The van der Waals surface area contributed by atoms with Crippen LogP contribution in [0.4, 0.5) is 5.82 Å². The highest BCUT2D eigenvalue weighted by Crippen LogP contribution is 2.17. The van der Waals surface area contributed by atoms with Crippen LogP contribution in [0.1, 0.15) is 16.1 Å². The Balaban J connectivity index is 1.78. The summed E-state index contributed by atoms with van der Waals surface area (Å²) < 4.78 is 5.04. The Labute approximate surface area is 150 Å². The van der Waals surface area contributed by atoms with Crippen LogP contribution < -0.4 is 15.4 Å². The van der Waals surface area contributed by atoms with E-state index in [4.69, 9.17) is 4.74 Å².